The number of rotatable bonds is 8. The topological polar surface area (TPSA) is 71.3 Å². The van der Waals surface area contributed by atoms with Crippen molar-refractivity contribution in [3.8, 4) is 0 Å². The maximum absolute atomic E-state index is 11.8. The lowest BCUT2D eigenvalue weighted by Crippen LogP contribution is -2.33. The van der Waals surface area contributed by atoms with E-state index in [0.29, 0.717) is 24.7 Å². The van der Waals surface area contributed by atoms with Crippen LogP contribution in [0.5, 0.6) is 0 Å². The van der Waals surface area contributed by atoms with Crippen LogP contribution < -0.4 is 5.32 Å². The molecule has 1 aromatic rings. The lowest BCUT2D eigenvalue weighted by Gasteiger charge is -2.15. The van der Waals surface area contributed by atoms with Crippen LogP contribution in [0.2, 0.25) is 0 Å². The van der Waals surface area contributed by atoms with Crippen molar-refractivity contribution in [1.29, 1.82) is 0 Å². The maximum atomic E-state index is 11.8. The van der Waals surface area contributed by atoms with Gasteiger partial charge in [-0.15, -0.1) is 10.2 Å². The fourth-order valence-corrected chi connectivity index (χ4v) is 1.83. The van der Waals surface area contributed by atoms with E-state index in [1.54, 1.807) is 6.92 Å². The molecule has 0 saturated carbocycles. The Labute approximate surface area is 114 Å². The molecule has 108 valence electrons. The van der Waals surface area contributed by atoms with Gasteiger partial charge < -0.3 is 14.6 Å². The third kappa shape index (κ3) is 5.83. The second kappa shape index (κ2) is 7.89. The van der Waals surface area contributed by atoms with E-state index < -0.39 is 0 Å². The first-order chi connectivity index (χ1) is 9.02. The molecular weight excluding hydrogens is 244 g/mol. The molecule has 0 radical (unpaired) electrons. The van der Waals surface area contributed by atoms with Crippen molar-refractivity contribution in [3.05, 3.63) is 11.8 Å². The van der Waals surface area contributed by atoms with Crippen LogP contribution in [0, 0.1) is 6.92 Å². The van der Waals surface area contributed by atoms with E-state index in [-0.39, 0.29) is 11.8 Å². The highest BCUT2D eigenvalue weighted by atomic mass is 16.4. The molecule has 0 aliphatic carbocycles. The Balaban J connectivity index is 2.24. The summed E-state index contributed by atoms with van der Waals surface area (Å²) in [7, 11) is 2.06. The molecule has 1 N–H and O–H groups in total. The third-order valence-electron chi connectivity index (χ3n) is 2.88. The molecule has 0 saturated heterocycles. The number of carbonyl (C=O) groups excluding carboxylic acids is 1. The molecule has 0 fully saturated rings. The van der Waals surface area contributed by atoms with Gasteiger partial charge in [0.05, 0.1) is 0 Å². The molecule has 1 heterocycles. The number of hydrogen-bond acceptors (Lipinski definition) is 5. The Bertz CT molecular complexity index is 392. The first-order valence-electron chi connectivity index (χ1n) is 6.78. The molecule has 0 aromatic carbocycles. The van der Waals surface area contributed by atoms with Crippen LogP contribution in [0.3, 0.4) is 0 Å². The minimum absolute atomic E-state index is 0.0215. The number of nitrogens with zero attached hydrogens (tertiary/aromatic N) is 3. The average Bonchev–Trinajstić information content (AvgIpc) is 2.76. The molecule has 0 spiro atoms. The van der Waals surface area contributed by atoms with E-state index >= 15 is 0 Å². The molecule has 6 nitrogen and oxygen atoms in total. The highest BCUT2D eigenvalue weighted by Crippen LogP contribution is 2.16. The van der Waals surface area contributed by atoms with Gasteiger partial charge in [0.1, 0.15) is 0 Å². The summed E-state index contributed by atoms with van der Waals surface area (Å²) in [4.78, 5) is 14.0. The smallest absolute Gasteiger partial charge is 0.220 e. The second-order valence-electron chi connectivity index (χ2n) is 4.92. The van der Waals surface area contributed by atoms with Crippen LogP contribution >= 0.6 is 0 Å². The summed E-state index contributed by atoms with van der Waals surface area (Å²) in [6.07, 6.45) is 1.50. The maximum Gasteiger partial charge on any atom is 0.220 e. The summed E-state index contributed by atoms with van der Waals surface area (Å²) >= 11 is 0. The highest BCUT2D eigenvalue weighted by molar-refractivity contribution is 5.76. The van der Waals surface area contributed by atoms with Gasteiger partial charge >= 0.3 is 0 Å². The van der Waals surface area contributed by atoms with Gasteiger partial charge in [-0.2, -0.15) is 0 Å². The average molecular weight is 268 g/mol. The van der Waals surface area contributed by atoms with Crippen molar-refractivity contribution in [2.45, 2.75) is 39.5 Å². The summed E-state index contributed by atoms with van der Waals surface area (Å²) in [6, 6.07) is 0. The fraction of sp³-hybridized carbons (Fsp3) is 0.769. The SMILES string of the molecule is CCCN(C)CCNC(=O)CC(C)c1nnc(C)o1. The van der Waals surface area contributed by atoms with E-state index in [9.17, 15) is 4.79 Å². The van der Waals surface area contributed by atoms with Gasteiger partial charge in [0.25, 0.3) is 0 Å². The van der Waals surface area contributed by atoms with E-state index in [1.165, 1.54) is 0 Å². The Hall–Kier alpha value is -1.43. The molecular formula is C13H24N4O2. The quantitative estimate of drug-likeness (QED) is 0.770. The van der Waals surface area contributed by atoms with Gasteiger partial charge in [0, 0.05) is 32.4 Å². The molecule has 1 amide bonds. The van der Waals surface area contributed by atoms with Gasteiger partial charge in [-0.05, 0) is 20.0 Å². The summed E-state index contributed by atoms with van der Waals surface area (Å²) in [5.74, 6) is 1.03. The number of amides is 1. The van der Waals surface area contributed by atoms with E-state index in [2.05, 4.69) is 34.4 Å². The number of likely N-dealkylation sites (N-methyl/N-ethyl adjacent to an activating group) is 1. The summed E-state index contributed by atoms with van der Waals surface area (Å²) in [6.45, 7) is 8.39. The predicted molar refractivity (Wildman–Crippen MR) is 72.9 cm³/mol. The van der Waals surface area contributed by atoms with Crippen LogP contribution in [-0.4, -0.2) is 47.7 Å². The van der Waals surface area contributed by atoms with Gasteiger partial charge in [-0.3, -0.25) is 4.79 Å². The number of nitrogens with one attached hydrogen (secondary N) is 1. The van der Waals surface area contributed by atoms with Crippen LogP contribution in [0.1, 0.15) is 44.4 Å². The zero-order valence-electron chi connectivity index (χ0n) is 12.3. The molecule has 0 aliphatic heterocycles. The molecule has 1 atom stereocenters. The zero-order valence-corrected chi connectivity index (χ0v) is 12.3. The predicted octanol–water partition coefficient (Wildman–Crippen LogP) is 1.33. The van der Waals surface area contributed by atoms with Gasteiger partial charge in [-0.25, -0.2) is 0 Å². The molecule has 1 aromatic heterocycles. The number of aromatic nitrogens is 2. The number of aryl methyl sites for hydroxylation is 1. The Morgan fingerprint density at radius 2 is 2.16 bits per heavy atom. The largest absolute Gasteiger partial charge is 0.425 e. The molecule has 1 rings (SSSR count). The number of carbonyl (C=O) groups is 1. The standard InChI is InChI=1S/C13H24N4O2/c1-5-7-17(4)8-6-14-12(18)9-10(2)13-16-15-11(3)19-13/h10H,5-9H2,1-4H3,(H,14,18). The van der Waals surface area contributed by atoms with Crippen LogP contribution in [0.15, 0.2) is 4.42 Å². The van der Waals surface area contributed by atoms with Crippen LogP contribution in [0.4, 0.5) is 0 Å². The highest BCUT2D eigenvalue weighted by Gasteiger charge is 2.16. The Morgan fingerprint density at radius 3 is 2.74 bits per heavy atom. The van der Waals surface area contributed by atoms with Crippen molar-refractivity contribution in [1.82, 2.24) is 20.4 Å². The van der Waals surface area contributed by atoms with Gasteiger partial charge in [-0.1, -0.05) is 13.8 Å². The molecule has 19 heavy (non-hydrogen) atoms. The third-order valence-corrected chi connectivity index (χ3v) is 2.88. The van der Waals surface area contributed by atoms with Crippen molar-refractivity contribution < 1.29 is 9.21 Å². The Kier molecular flexibility index (Phi) is 6.49. The lowest BCUT2D eigenvalue weighted by molar-refractivity contribution is -0.121. The van der Waals surface area contributed by atoms with Crippen molar-refractivity contribution in [3.63, 3.8) is 0 Å². The van der Waals surface area contributed by atoms with E-state index in [1.807, 2.05) is 6.92 Å². The monoisotopic (exact) mass is 268 g/mol. The summed E-state index contributed by atoms with van der Waals surface area (Å²) < 4.78 is 5.31. The zero-order chi connectivity index (χ0) is 14.3. The Morgan fingerprint density at radius 1 is 1.42 bits per heavy atom. The minimum atomic E-state index is -0.0467. The van der Waals surface area contributed by atoms with Gasteiger partial charge in [0.2, 0.25) is 17.7 Å². The fourth-order valence-electron chi connectivity index (χ4n) is 1.83. The second-order valence-corrected chi connectivity index (χ2v) is 4.92. The van der Waals surface area contributed by atoms with Crippen molar-refractivity contribution >= 4 is 5.91 Å². The van der Waals surface area contributed by atoms with Crippen LogP contribution in [0.25, 0.3) is 0 Å². The van der Waals surface area contributed by atoms with Crippen molar-refractivity contribution in [2.24, 2.45) is 0 Å². The molecule has 6 heteroatoms. The summed E-state index contributed by atoms with van der Waals surface area (Å²) in [5.41, 5.74) is 0. The lowest BCUT2D eigenvalue weighted by atomic mass is 10.1. The van der Waals surface area contributed by atoms with Gasteiger partial charge in [0.15, 0.2) is 0 Å². The summed E-state index contributed by atoms with van der Waals surface area (Å²) in [5, 5.41) is 10.6. The van der Waals surface area contributed by atoms with Crippen molar-refractivity contribution in [2.75, 3.05) is 26.7 Å². The normalized spacial score (nSPS) is 12.7. The number of hydrogen-bond donors (Lipinski definition) is 1. The first kappa shape index (κ1) is 15.6. The molecule has 0 bridgehead atoms. The first-order valence-corrected chi connectivity index (χ1v) is 6.78. The van der Waals surface area contributed by atoms with E-state index in [4.69, 9.17) is 4.42 Å². The van der Waals surface area contributed by atoms with Crippen LogP contribution in [-0.2, 0) is 4.79 Å². The molecule has 1 unspecified atom stereocenters. The van der Waals surface area contributed by atoms with E-state index in [0.717, 1.165) is 19.5 Å². The minimum Gasteiger partial charge on any atom is -0.425 e. The molecule has 0 aliphatic rings.